The van der Waals surface area contributed by atoms with Gasteiger partial charge in [0.2, 0.25) is 0 Å². The Bertz CT molecular complexity index is 3650. The quantitative estimate of drug-likeness (QED) is 0.149. The molecule has 0 radical (unpaired) electrons. The molecule has 0 amide bonds. The normalized spacial score (nSPS) is 11.9. The molecule has 0 aliphatic rings. The first-order chi connectivity index (χ1) is 33.2. The molecule has 0 fully saturated rings. The fourth-order valence-corrected chi connectivity index (χ4v) is 9.63. The summed E-state index contributed by atoms with van der Waals surface area (Å²) in [6, 6.07) is 59.2. The van der Waals surface area contributed by atoms with Crippen molar-refractivity contribution >= 4 is 43.6 Å². The standard InChI is InChI=1S/C59H35F5N4/c60-47-18-11-19-48(61)57(47)58-55(67-51-20-9-7-16-43(51)45-26-22-38(30-53(45)67)40-24-28-49(65-34-40)36-12-3-1-4-13-36)32-42(59(62,63)64)33-56(58)68-52-21-10-8-17-44(52)46-27-23-39(31-54(46)68)41-25-29-50(66-35-41)37-14-5-2-6-15-37/h1-35H. The van der Waals surface area contributed by atoms with Crippen molar-refractivity contribution in [2.75, 3.05) is 0 Å². The van der Waals surface area contributed by atoms with Crippen LogP contribution in [0.15, 0.2) is 213 Å². The summed E-state index contributed by atoms with van der Waals surface area (Å²) in [4.78, 5) is 9.50. The van der Waals surface area contributed by atoms with Crippen molar-refractivity contribution in [2.45, 2.75) is 6.18 Å². The van der Waals surface area contributed by atoms with Gasteiger partial charge in [-0.25, -0.2) is 8.78 Å². The molecule has 8 aromatic carbocycles. The minimum Gasteiger partial charge on any atom is -0.308 e. The van der Waals surface area contributed by atoms with Crippen molar-refractivity contribution in [2.24, 2.45) is 0 Å². The number of aromatic nitrogens is 4. The topological polar surface area (TPSA) is 35.6 Å². The van der Waals surface area contributed by atoms with E-state index in [9.17, 15) is 0 Å². The number of rotatable bonds is 7. The molecule has 4 heterocycles. The van der Waals surface area contributed by atoms with E-state index in [1.165, 1.54) is 6.07 Å². The van der Waals surface area contributed by atoms with Gasteiger partial charge in [0.1, 0.15) is 11.6 Å². The van der Waals surface area contributed by atoms with E-state index in [0.29, 0.717) is 22.1 Å². The lowest BCUT2D eigenvalue weighted by molar-refractivity contribution is -0.137. The van der Waals surface area contributed by atoms with Crippen molar-refractivity contribution < 1.29 is 22.0 Å². The molecule has 12 rings (SSSR count). The predicted molar refractivity (Wildman–Crippen MR) is 263 cm³/mol. The number of pyridine rings is 2. The molecule has 68 heavy (non-hydrogen) atoms. The third-order valence-corrected chi connectivity index (χ3v) is 12.8. The first kappa shape index (κ1) is 40.8. The summed E-state index contributed by atoms with van der Waals surface area (Å²) in [6.07, 6.45) is -1.34. The summed E-state index contributed by atoms with van der Waals surface area (Å²) in [7, 11) is 0. The second kappa shape index (κ2) is 16.0. The lowest BCUT2D eigenvalue weighted by Gasteiger charge is -2.23. The molecule has 0 spiro atoms. The van der Waals surface area contributed by atoms with Crippen LogP contribution in [0.4, 0.5) is 22.0 Å². The maximum Gasteiger partial charge on any atom is 0.416 e. The van der Waals surface area contributed by atoms with Crippen molar-refractivity contribution in [3.63, 3.8) is 0 Å². The average Bonchev–Trinajstić information content (AvgIpc) is 3.88. The Morgan fingerprint density at radius 3 is 1.18 bits per heavy atom. The third-order valence-electron chi connectivity index (χ3n) is 12.8. The van der Waals surface area contributed by atoms with Crippen molar-refractivity contribution in [3.8, 4) is 67.3 Å². The minimum absolute atomic E-state index is 0.0532. The minimum atomic E-state index is -4.87. The Hall–Kier alpha value is -8.69. The Kier molecular flexibility index (Phi) is 9.62. The summed E-state index contributed by atoms with van der Waals surface area (Å²) in [5.74, 6) is -1.85. The van der Waals surface area contributed by atoms with Gasteiger partial charge >= 0.3 is 6.18 Å². The first-order valence-corrected chi connectivity index (χ1v) is 22.0. The van der Waals surface area contributed by atoms with E-state index in [1.807, 2.05) is 158 Å². The summed E-state index contributed by atoms with van der Waals surface area (Å²) in [5.41, 5.74) is 7.10. The number of benzene rings is 8. The smallest absolute Gasteiger partial charge is 0.308 e. The molecule has 0 unspecified atom stereocenters. The maximum atomic E-state index is 16.8. The van der Waals surface area contributed by atoms with Gasteiger partial charge in [0.25, 0.3) is 0 Å². The van der Waals surface area contributed by atoms with Crippen LogP contribution in [0.5, 0.6) is 0 Å². The highest BCUT2D eigenvalue weighted by molar-refractivity contribution is 6.13. The van der Waals surface area contributed by atoms with Gasteiger partial charge in [-0.15, -0.1) is 0 Å². The number of nitrogens with zero attached hydrogens (tertiary/aromatic N) is 4. The Labute approximate surface area is 386 Å². The van der Waals surface area contributed by atoms with Gasteiger partial charge in [-0.3, -0.25) is 9.97 Å². The molecule has 4 aromatic heterocycles. The summed E-state index contributed by atoms with van der Waals surface area (Å²) in [5, 5.41) is 2.98. The van der Waals surface area contributed by atoms with Crippen LogP contribution in [-0.4, -0.2) is 19.1 Å². The van der Waals surface area contributed by atoms with Gasteiger partial charge in [0, 0.05) is 61.8 Å². The fourth-order valence-electron chi connectivity index (χ4n) is 9.63. The molecule has 4 nitrogen and oxygen atoms in total. The second-order valence-electron chi connectivity index (χ2n) is 16.7. The van der Waals surface area contributed by atoms with Crippen LogP contribution in [0.2, 0.25) is 0 Å². The van der Waals surface area contributed by atoms with E-state index in [2.05, 4.69) is 0 Å². The Morgan fingerprint density at radius 2 is 0.750 bits per heavy atom. The van der Waals surface area contributed by atoms with Gasteiger partial charge in [-0.2, -0.15) is 13.2 Å². The van der Waals surface area contributed by atoms with E-state index in [-0.39, 0.29) is 16.9 Å². The SMILES string of the molecule is Fc1cccc(F)c1-c1c(-n2c3ccccc3c3ccc(-c4ccc(-c5ccccc5)nc4)cc32)cc(C(F)(F)F)cc1-n1c2ccccc2c2ccc(-c3ccc(-c4ccccc4)nc3)cc21. The molecule has 0 atom stereocenters. The number of hydrogen-bond donors (Lipinski definition) is 0. The highest BCUT2D eigenvalue weighted by Crippen LogP contribution is 2.47. The molecule has 0 bridgehead atoms. The molecule has 0 saturated carbocycles. The number of alkyl halides is 3. The average molecular weight is 895 g/mol. The molecular formula is C59H35F5N4. The van der Waals surface area contributed by atoms with Crippen molar-refractivity contribution in [1.82, 2.24) is 19.1 Å². The lowest BCUT2D eigenvalue weighted by atomic mass is 9.96. The van der Waals surface area contributed by atoms with E-state index in [4.69, 9.17) is 9.97 Å². The van der Waals surface area contributed by atoms with Gasteiger partial charge in [0.05, 0.1) is 56.0 Å². The van der Waals surface area contributed by atoms with Gasteiger partial charge in [-0.05, 0) is 71.8 Å². The number of fused-ring (bicyclic) bond motifs is 6. The number of para-hydroxylation sites is 2. The third kappa shape index (κ3) is 6.81. The van der Waals surface area contributed by atoms with Crippen LogP contribution in [0.3, 0.4) is 0 Å². The zero-order valence-corrected chi connectivity index (χ0v) is 35.9. The molecule has 9 heteroatoms. The largest absolute Gasteiger partial charge is 0.416 e. The number of halogens is 5. The zero-order chi connectivity index (χ0) is 46.1. The van der Waals surface area contributed by atoms with Crippen LogP contribution >= 0.6 is 0 Å². The number of hydrogen-bond acceptors (Lipinski definition) is 2. The molecule has 326 valence electrons. The molecule has 0 aliphatic heterocycles. The van der Waals surface area contributed by atoms with Crippen molar-refractivity contribution in [1.29, 1.82) is 0 Å². The van der Waals surface area contributed by atoms with E-state index >= 15 is 22.0 Å². The van der Waals surface area contributed by atoms with Crippen LogP contribution in [0.1, 0.15) is 5.56 Å². The van der Waals surface area contributed by atoms with E-state index in [0.717, 1.165) is 90.6 Å². The second-order valence-corrected chi connectivity index (χ2v) is 16.7. The van der Waals surface area contributed by atoms with Crippen molar-refractivity contribution in [3.05, 3.63) is 230 Å². The monoisotopic (exact) mass is 894 g/mol. The molecule has 0 saturated heterocycles. The molecule has 0 aliphatic carbocycles. The lowest BCUT2D eigenvalue weighted by Crippen LogP contribution is -2.12. The van der Waals surface area contributed by atoms with E-state index < -0.39 is 28.9 Å². The van der Waals surface area contributed by atoms with Gasteiger partial charge in [0.15, 0.2) is 0 Å². The van der Waals surface area contributed by atoms with Crippen LogP contribution in [0.25, 0.3) is 111 Å². The summed E-state index contributed by atoms with van der Waals surface area (Å²) >= 11 is 0. The molecule has 0 N–H and O–H groups in total. The maximum absolute atomic E-state index is 16.8. The highest BCUT2D eigenvalue weighted by atomic mass is 19.4. The molecular weight excluding hydrogens is 860 g/mol. The van der Waals surface area contributed by atoms with Gasteiger partial charge < -0.3 is 9.13 Å². The summed E-state index contributed by atoms with van der Waals surface area (Å²) in [6.45, 7) is 0. The zero-order valence-electron chi connectivity index (χ0n) is 35.9. The van der Waals surface area contributed by atoms with Crippen LogP contribution in [0, 0.1) is 11.6 Å². The van der Waals surface area contributed by atoms with Crippen LogP contribution < -0.4 is 0 Å². The van der Waals surface area contributed by atoms with Crippen LogP contribution in [-0.2, 0) is 6.18 Å². The Balaban J connectivity index is 1.16. The predicted octanol–water partition coefficient (Wildman–Crippen LogP) is 16.3. The van der Waals surface area contributed by atoms with Gasteiger partial charge in [-0.1, -0.05) is 140 Å². The molecule has 12 aromatic rings. The highest BCUT2D eigenvalue weighted by Gasteiger charge is 2.35. The first-order valence-electron chi connectivity index (χ1n) is 22.0. The fraction of sp³-hybridized carbons (Fsp3) is 0.0169. The van der Waals surface area contributed by atoms with E-state index in [1.54, 1.807) is 33.7 Å². The summed E-state index contributed by atoms with van der Waals surface area (Å²) < 4.78 is 84.0. The Morgan fingerprint density at radius 1 is 0.338 bits per heavy atom.